The summed E-state index contributed by atoms with van der Waals surface area (Å²) >= 11 is 0. The molecule has 0 radical (unpaired) electrons. The van der Waals surface area contributed by atoms with Crippen molar-refractivity contribution in [3.63, 3.8) is 0 Å². The van der Waals surface area contributed by atoms with Crippen molar-refractivity contribution in [2.75, 3.05) is 6.61 Å². The minimum absolute atomic E-state index is 0.0839. The molecule has 0 fully saturated rings. The van der Waals surface area contributed by atoms with E-state index in [-0.39, 0.29) is 18.1 Å². The fourth-order valence-electron chi connectivity index (χ4n) is 2.71. The Labute approximate surface area is 109 Å². The van der Waals surface area contributed by atoms with Crippen molar-refractivity contribution in [2.24, 2.45) is 0 Å². The average molecular weight is 246 g/mol. The third-order valence-corrected chi connectivity index (χ3v) is 3.87. The number of rotatable bonds is 3. The van der Waals surface area contributed by atoms with Crippen LogP contribution in [-0.2, 0) is 11.8 Å². The second kappa shape index (κ2) is 5.25. The highest BCUT2D eigenvalue weighted by Gasteiger charge is 2.31. The third kappa shape index (κ3) is 2.65. The standard InChI is InChI=1S/C16H22O2/c1-16(2)9-8-15(18)13-11-12(5-3-4-10-17)6-7-14(13)16/h3-4,6-7,11,15,17-18H,5,8-10H2,1-2H3/b4-3+. The maximum absolute atomic E-state index is 10.1. The van der Waals surface area contributed by atoms with Crippen molar-refractivity contribution >= 4 is 0 Å². The van der Waals surface area contributed by atoms with Crippen LogP contribution < -0.4 is 0 Å². The van der Waals surface area contributed by atoms with Crippen LogP contribution in [0.2, 0.25) is 0 Å². The first-order valence-corrected chi connectivity index (χ1v) is 6.62. The first-order chi connectivity index (χ1) is 8.54. The molecular weight excluding hydrogens is 224 g/mol. The lowest BCUT2D eigenvalue weighted by molar-refractivity contribution is 0.139. The van der Waals surface area contributed by atoms with Gasteiger partial charge in [0.15, 0.2) is 0 Å². The smallest absolute Gasteiger partial charge is 0.0793 e. The first kappa shape index (κ1) is 13.3. The summed E-state index contributed by atoms with van der Waals surface area (Å²) in [5.74, 6) is 0. The molecule has 0 saturated carbocycles. The zero-order valence-corrected chi connectivity index (χ0v) is 11.2. The van der Waals surface area contributed by atoms with Gasteiger partial charge in [0.2, 0.25) is 0 Å². The molecule has 2 nitrogen and oxygen atoms in total. The number of hydrogen-bond acceptors (Lipinski definition) is 2. The van der Waals surface area contributed by atoms with Gasteiger partial charge >= 0.3 is 0 Å². The lowest BCUT2D eigenvalue weighted by Crippen LogP contribution is -2.26. The van der Waals surface area contributed by atoms with Crippen molar-refractivity contribution in [3.05, 3.63) is 47.0 Å². The molecule has 2 heteroatoms. The molecule has 0 aliphatic heterocycles. The van der Waals surface area contributed by atoms with Crippen molar-refractivity contribution < 1.29 is 10.2 Å². The van der Waals surface area contributed by atoms with Crippen molar-refractivity contribution in [3.8, 4) is 0 Å². The van der Waals surface area contributed by atoms with Crippen molar-refractivity contribution in [2.45, 2.75) is 44.6 Å². The Bertz CT molecular complexity index is 446. The number of allylic oxidation sites excluding steroid dienone is 1. The number of hydrogen-bond donors (Lipinski definition) is 2. The van der Waals surface area contributed by atoms with Crippen LogP contribution in [0.25, 0.3) is 0 Å². The summed E-state index contributed by atoms with van der Waals surface area (Å²) in [5.41, 5.74) is 3.71. The van der Waals surface area contributed by atoms with Crippen LogP contribution in [0.1, 0.15) is 49.5 Å². The van der Waals surface area contributed by atoms with Crippen molar-refractivity contribution in [1.29, 1.82) is 0 Å². The molecule has 98 valence electrons. The topological polar surface area (TPSA) is 40.5 Å². The summed E-state index contributed by atoms with van der Waals surface area (Å²) in [4.78, 5) is 0. The van der Waals surface area contributed by atoms with Gasteiger partial charge in [0.1, 0.15) is 0 Å². The SMILES string of the molecule is CC1(C)CCC(O)c2cc(C/C=C/CO)ccc21. The van der Waals surface area contributed by atoms with Crippen LogP contribution in [0.15, 0.2) is 30.4 Å². The van der Waals surface area contributed by atoms with E-state index in [0.717, 1.165) is 24.8 Å². The van der Waals surface area contributed by atoms with Crippen molar-refractivity contribution in [1.82, 2.24) is 0 Å². The molecule has 1 aliphatic carbocycles. The van der Waals surface area contributed by atoms with E-state index in [9.17, 15) is 5.11 Å². The maximum Gasteiger partial charge on any atom is 0.0793 e. The quantitative estimate of drug-likeness (QED) is 0.805. The van der Waals surface area contributed by atoms with E-state index in [1.54, 1.807) is 6.08 Å². The molecule has 0 amide bonds. The summed E-state index contributed by atoms with van der Waals surface area (Å²) in [6, 6.07) is 6.39. The predicted molar refractivity (Wildman–Crippen MR) is 73.6 cm³/mol. The number of aliphatic hydroxyl groups is 2. The highest BCUT2D eigenvalue weighted by atomic mass is 16.3. The summed E-state index contributed by atoms with van der Waals surface area (Å²) in [7, 11) is 0. The molecule has 1 aromatic rings. The van der Waals surface area contributed by atoms with Gasteiger partial charge in [-0.1, -0.05) is 44.2 Å². The van der Waals surface area contributed by atoms with E-state index < -0.39 is 0 Å². The highest BCUT2D eigenvalue weighted by molar-refractivity contribution is 5.40. The first-order valence-electron chi connectivity index (χ1n) is 6.62. The maximum atomic E-state index is 10.1. The average Bonchev–Trinajstić information content (AvgIpc) is 2.35. The van der Waals surface area contributed by atoms with Crippen LogP contribution in [0.3, 0.4) is 0 Å². The molecule has 18 heavy (non-hydrogen) atoms. The Kier molecular flexibility index (Phi) is 3.88. The van der Waals surface area contributed by atoms with E-state index >= 15 is 0 Å². The van der Waals surface area contributed by atoms with Crippen LogP contribution in [-0.4, -0.2) is 16.8 Å². The van der Waals surface area contributed by atoms with E-state index in [1.165, 1.54) is 11.1 Å². The monoisotopic (exact) mass is 246 g/mol. The molecule has 0 spiro atoms. The summed E-state index contributed by atoms with van der Waals surface area (Å²) in [6.07, 6.45) is 6.07. The third-order valence-electron chi connectivity index (χ3n) is 3.87. The zero-order valence-electron chi connectivity index (χ0n) is 11.2. The van der Waals surface area contributed by atoms with Gasteiger partial charge in [0, 0.05) is 0 Å². The van der Waals surface area contributed by atoms with Crippen LogP contribution in [0.4, 0.5) is 0 Å². The Balaban J connectivity index is 2.30. The minimum atomic E-state index is -0.324. The summed E-state index contributed by atoms with van der Waals surface area (Å²) in [6.45, 7) is 4.56. The molecule has 2 N–H and O–H groups in total. The van der Waals surface area contributed by atoms with Gasteiger partial charge in [0.05, 0.1) is 12.7 Å². The Morgan fingerprint density at radius 3 is 2.83 bits per heavy atom. The normalized spacial score (nSPS) is 22.1. The second-order valence-electron chi connectivity index (χ2n) is 5.72. The number of benzene rings is 1. The number of fused-ring (bicyclic) bond motifs is 1. The second-order valence-corrected chi connectivity index (χ2v) is 5.72. The predicted octanol–water partition coefficient (Wildman–Crippen LogP) is 2.88. The molecular formula is C16H22O2. The Morgan fingerprint density at radius 2 is 2.11 bits per heavy atom. The number of aliphatic hydroxyl groups excluding tert-OH is 2. The van der Waals surface area contributed by atoms with E-state index in [4.69, 9.17) is 5.11 Å². The minimum Gasteiger partial charge on any atom is -0.392 e. The van der Waals surface area contributed by atoms with E-state index in [2.05, 4.69) is 32.0 Å². The molecule has 0 bridgehead atoms. The molecule has 0 aromatic heterocycles. The lowest BCUT2D eigenvalue weighted by Gasteiger charge is -2.35. The van der Waals surface area contributed by atoms with Gasteiger partial charge in [-0.25, -0.2) is 0 Å². The molecule has 1 aliphatic rings. The van der Waals surface area contributed by atoms with Gasteiger partial charge in [-0.3, -0.25) is 0 Å². The molecule has 1 aromatic carbocycles. The summed E-state index contributed by atoms with van der Waals surface area (Å²) in [5, 5.41) is 18.9. The highest BCUT2D eigenvalue weighted by Crippen LogP contribution is 2.41. The lowest BCUT2D eigenvalue weighted by atomic mass is 9.71. The van der Waals surface area contributed by atoms with Crippen LogP contribution >= 0.6 is 0 Å². The Morgan fingerprint density at radius 1 is 1.33 bits per heavy atom. The molecule has 0 saturated heterocycles. The van der Waals surface area contributed by atoms with Gasteiger partial charge in [-0.15, -0.1) is 0 Å². The van der Waals surface area contributed by atoms with Crippen LogP contribution in [0.5, 0.6) is 0 Å². The van der Waals surface area contributed by atoms with E-state index in [1.807, 2.05) is 6.08 Å². The van der Waals surface area contributed by atoms with E-state index in [0.29, 0.717) is 0 Å². The largest absolute Gasteiger partial charge is 0.392 e. The molecule has 0 heterocycles. The fourth-order valence-corrected chi connectivity index (χ4v) is 2.71. The molecule has 1 atom stereocenters. The summed E-state index contributed by atoms with van der Waals surface area (Å²) < 4.78 is 0. The van der Waals surface area contributed by atoms with Gasteiger partial charge in [-0.05, 0) is 41.4 Å². The van der Waals surface area contributed by atoms with Gasteiger partial charge in [0.25, 0.3) is 0 Å². The molecule has 1 unspecified atom stereocenters. The molecule has 2 rings (SSSR count). The Hall–Kier alpha value is -1.12. The van der Waals surface area contributed by atoms with Crippen LogP contribution in [0, 0.1) is 0 Å². The van der Waals surface area contributed by atoms with Gasteiger partial charge in [-0.2, -0.15) is 0 Å². The zero-order chi connectivity index (χ0) is 13.2. The fraction of sp³-hybridized carbons (Fsp3) is 0.500. The van der Waals surface area contributed by atoms with Gasteiger partial charge < -0.3 is 10.2 Å².